The van der Waals surface area contributed by atoms with E-state index in [2.05, 4.69) is 24.2 Å². The van der Waals surface area contributed by atoms with E-state index in [0.717, 1.165) is 11.6 Å². The van der Waals surface area contributed by atoms with Crippen LogP contribution in [0, 0.1) is 0 Å². The molecule has 1 aromatic rings. The van der Waals surface area contributed by atoms with Gasteiger partial charge in [-0.15, -0.1) is 0 Å². The summed E-state index contributed by atoms with van der Waals surface area (Å²) >= 11 is 5.94. The number of halogens is 1. The highest BCUT2D eigenvalue weighted by atomic mass is 35.5. The quantitative estimate of drug-likeness (QED) is 0.686. The van der Waals surface area contributed by atoms with Gasteiger partial charge in [-0.3, -0.25) is 0 Å². The first-order valence-electron chi connectivity index (χ1n) is 4.45. The number of hydrogen-bond donors (Lipinski definition) is 1. The van der Waals surface area contributed by atoms with Gasteiger partial charge in [0.1, 0.15) is 0 Å². The van der Waals surface area contributed by atoms with E-state index in [9.17, 15) is 0 Å². The van der Waals surface area contributed by atoms with E-state index in [4.69, 9.17) is 11.6 Å². The number of rotatable bonds is 0. The lowest BCUT2D eigenvalue weighted by Crippen LogP contribution is -2.39. The Morgan fingerprint density at radius 3 is 3.08 bits per heavy atom. The van der Waals surface area contributed by atoms with Crippen molar-refractivity contribution in [2.75, 3.05) is 23.8 Å². The fraction of sp³-hybridized carbons (Fsp3) is 0.400. The maximum absolute atomic E-state index is 5.94. The fourth-order valence-corrected chi connectivity index (χ4v) is 1.74. The van der Waals surface area contributed by atoms with Crippen molar-refractivity contribution < 1.29 is 0 Å². The molecule has 2 rings (SSSR count). The van der Waals surface area contributed by atoms with E-state index >= 15 is 0 Å². The number of nitrogens with zero attached hydrogens (tertiary/aromatic N) is 1. The molecule has 0 fully saturated rings. The molecule has 0 saturated carbocycles. The maximum Gasteiger partial charge on any atom is 0.0617 e. The maximum atomic E-state index is 5.94. The number of fused-ring (bicyclic) bond motifs is 1. The van der Waals surface area contributed by atoms with Crippen molar-refractivity contribution in [3.63, 3.8) is 0 Å². The number of benzene rings is 1. The highest BCUT2D eigenvalue weighted by Gasteiger charge is 2.18. The molecule has 3 heteroatoms. The summed E-state index contributed by atoms with van der Waals surface area (Å²) in [6, 6.07) is 6.46. The van der Waals surface area contributed by atoms with Gasteiger partial charge in [-0.25, -0.2) is 0 Å². The van der Waals surface area contributed by atoms with Crippen molar-refractivity contribution in [3.8, 4) is 0 Å². The molecule has 0 bridgehead atoms. The van der Waals surface area contributed by atoms with Crippen LogP contribution in [0.4, 0.5) is 11.4 Å². The van der Waals surface area contributed by atoms with Crippen molar-refractivity contribution in [2.45, 2.75) is 13.0 Å². The zero-order chi connectivity index (χ0) is 9.42. The molecule has 1 aliphatic heterocycles. The van der Waals surface area contributed by atoms with E-state index in [1.165, 1.54) is 11.4 Å². The van der Waals surface area contributed by atoms with E-state index in [1.807, 2.05) is 18.2 Å². The summed E-state index contributed by atoms with van der Waals surface area (Å²) in [6.07, 6.45) is 0. The Hall–Kier alpha value is -0.890. The minimum Gasteiger partial charge on any atom is -0.381 e. The molecule has 0 spiro atoms. The molecule has 0 saturated heterocycles. The van der Waals surface area contributed by atoms with Crippen LogP contribution in [0.3, 0.4) is 0 Å². The van der Waals surface area contributed by atoms with Crippen LogP contribution in [0.15, 0.2) is 18.2 Å². The molecular weight excluding hydrogens is 184 g/mol. The molecule has 0 aliphatic carbocycles. The Bertz CT molecular complexity index is 325. The van der Waals surface area contributed by atoms with Crippen LogP contribution in [0.2, 0.25) is 5.02 Å². The van der Waals surface area contributed by atoms with E-state index in [1.54, 1.807) is 0 Å². The number of hydrogen-bond acceptors (Lipinski definition) is 2. The molecule has 1 unspecified atom stereocenters. The van der Waals surface area contributed by atoms with Crippen molar-refractivity contribution in [3.05, 3.63) is 23.2 Å². The van der Waals surface area contributed by atoms with Gasteiger partial charge < -0.3 is 10.2 Å². The van der Waals surface area contributed by atoms with E-state index in [-0.39, 0.29) is 0 Å². The average Bonchev–Trinajstić information content (AvgIpc) is 2.12. The monoisotopic (exact) mass is 196 g/mol. The van der Waals surface area contributed by atoms with Gasteiger partial charge >= 0.3 is 0 Å². The van der Waals surface area contributed by atoms with Gasteiger partial charge in [-0.1, -0.05) is 11.6 Å². The largest absolute Gasteiger partial charge is 0.381 e. The third kappa shape index (κ3) is 1.46. The summed E-state index contributed by atoms with van der Waals surface area (Å²) < 4.78 is 0. The second-order valence-corrected chi connectivity index (χ2v) is 3.94. The molecule has 1 atom stereocenters. The Labute approximate surface area is 83.5 Å². The molecule has 70 valence electrons. The van der Waals surface area contributed by atoms with E-state index < -0.39 is 0 Å². The summed E-state index contributed by atoms with van der Waals surface area (Å²) in [5, 5.41) is 4.16. The minimum atomic E-state index is 0.519. The van der Waals surface area contributed by atoms with Crippen LogP contribution in [0.5, 0.6) is 0 Å². The Morgan fingerprint density at radius 2 is 2.31 bits per heavy atom. The van der Waals surface area contributed by atoms with Gasteiger partial charge in [0.15, 0.2) is 0 Å². The smallest absolute Gasteiger partial charge is 0.0617 e. The zero-order valence-corrected chi connectivity index (χ0v) is 8.60. The normalized spacial score (nSPS) is 20.8. The Balaban J connectivity index is 2.45. The average molecular weight is 197 g/mol. The third-order valence-electron chi connectivity index (χ3n) is 2.59. The second kappa shape index (κ2) is 3.11. The Morgan fingerprint density at radius 1 is 1.54 bits per heavy atom. The number of nitrogens with one attached hydrogen (secondary N) is 1. The summed E-state index contributed by atoms with van der Waals surface area (Å²) in [4.78, 5) is 2.25. The SMILES string of the molecule is CC1CNc2ccc(Cl)cc2N1C. The van der Waals surface area contributed by atoms with Crippen LogP contribution < -0.4 is 10.2 Å². The van der Waals surface area contributed by atoms with Gasteiger partial charge in [0.25, 0.3) is 0 Å². The molecule has 1 N–H and O–H groups in total. The molecule has 1 aliphatic rings. The molecular formula is C10H13ClN2. The van der Waals surface area contributed by atoms with Gasteiger partial charge in [-0.2, -0.15) is 0 Å². The molecule has 0 radical (unpaired) electrons. The molecule has 1 heterocycles. The number of anilines is 2. The molecule has 0 aromatic heterocycles. The standard InChI is InChI=1S/C10H13ClN2/c1-7-6-12-9-4-3-8(11)5-10(9)13(7)2/h3-5,7,12H,6H2,1-2H3. The lowest BCUT2D eigenvalue weighted by molar-refractivity contribution is 0.699. The molecule has 2 nitrogen and oxygen atoms in total. The van der Waals surface area contributed by atoms with Crippen LogP contribution in [0.1, 0.15) is 6.92 Å². The first kappa shape index (κ1) is 8.70. The van der Waals surface area contributed by atoms with Gasteiger partial charge in [0, 0.05) is 24.7 Å². The summed E-state index contributed by atoms with van der Waals surface area (Å²) in [7, 11) is 2.10. The minimum absolute atomic E-state index is 0.519. The van der Waals surface area contributed by atoms with E-state index in [0.29, 0.717) is 6.04 Å². The first-order valence-corrected chi connectivity index (χ1v) is 4.82. The van der Waals surface area contributed by atoms with Crippen LogP contribution in [0.25, 0.3) is 0 Å². The second-order valence-electron chi connectivity index (χ2n) is 3.50. The zero-order valence-electron chi connectivity index (χ0n) is 7.84. The molecule has 1 aromatic carbocycles. The van der Waals surface area contributed by atoms with Crippen molar-refractivity contribution in [2.24, 2.45) is 0 Å². The predicted molar refractivity (Wildman–Crippen MR) is 57.8 cm³/mol. The van der Waals surface area contributed by atoms with Gasteiger partial charge in [-0.05, 0) is 25.1 Å². The highest BCUT2D eigenvalue weighted by Crippen LogP contribution is 2.32. The number of likely N-dealkylation sites (N-methyl/N-ethyl adjacent to an activating group) is 1. The van der Waals surface area contributed by atoms with Gasteiger partial charge in [0.2, 0.25) is 0 Å². The van der Waals surface area contributed by atoms with Crippen LogP contribution in [-0.2, 0) is 0 Å². The Kier molecular flexibility index (Phi) is 2.08. The van der Waals surface area contributed by atoms with Crippen molar-refractivity contribution >= 4 is 23.0 Å². The van der Waals surface area contributed by atoms with Crippen molar-refractivity contribution in [1.29, 1.82) is 0 Å². The summed E-state index contributed by atoms with van der Waals surface area (Å²) in [5.74, 6) is 0. The molecule has 0 amide bonds. The lowest BCUT2D eigenvalue weighted by atomic mass is 10.1. The third-order valence-corrected chi connectivity index (χ3v) is 2.82. The van der Waals surface area contributed by atoms with Crippen LogP contribution in [-0.4, -0.2) is 19.6 Å². The topological polar surface area (TPSA) is 15.3 Å². The molecule has 13 heavy (non-hydrogen) atoms. The van der Waals surface area contributed by atoms with Gasteiger partial charge in [0.05, 0.1) is 11.4 Å². The predicted octanol–water partition coefficient (Wildman–Crippen LogP) is 2.59. The summed E-state index contributed by atoms with van der Waals surface area (Å²) in [5.41, 5.74) is 2.36. The fourth-order valence-electron chi connectivity index (χ4n) is 1.58. The highest BCUT2D eigenvalue weighted by molar-refractivity contribution is 6.31. The summed E-state index contributed by atoms with van der Waals surface area (Å²) in [6.45, 7) is 3.18. The van der Waals surface area contributed by atoms with Crippen LogP contribution >= 0.6 is 11.6 Å². The first-order chi connectivity index (χ1) is 6.18. The lowest BCUT2D eigenvalue weighted by Gasteiger charge is -2.34. The van der Waals surface area contributed by atoms with Crippen molar-refractivity contribution in [1.82, 2.24) is 0 Å².